The van der Waals surface area contributed by atoms with Crippen molar-refractivity contribution in [2.45, 2.75) is 6.92 Å². The van der Waals surface area contributed by atoms with Crippen molar-refractivity contribution < 1.29 is 4.92 Å². The number of benzene rings is 1. The number of nitro groups is 1. The van der Waals surface area contributed by atoms with Gasteiger partial charge in [0, 0.05) is 18.0 Å². The van der Waals surface area contributed by atoms with E-state index in [1.807, 2.05) is 19.1 Å². The number of halogens is 1. The second-order valence-electron chi connectivity index (χ2n) is 2.98. The monoisotopic (exact) mass is 211 g/mol. The van der Waals surface area contributed by atoms with Crippen LogP contribution in [-0.4, -0.2) is 10.8 Å². The number of allylic oxidation sites excluding steroid dienone is 1. The van der Waals surface area contributed by atoms with Gasteiger partial charge in [0.1, 0.15) is 0 Å². The number of non-ortho nitro benzene ring substituents is 1. The molecule has 0 aliphatic carbocycles. The molecule has 14 heavy (non-hydrogen) atoms. The predicted molar refractivity (Wildman–Crippen MR) is 57.5 cm³/mol. The van der Waals surface area contributed by atoms with E-state index in [2.05, 4.69) is 0 Å². The van der Waals surface area contributed by atoms with E-state index in [4.69, 9.17) is 11.6 Å². The average molecular weight is 212 g/mol. The first-order chi connectivity index (χ1) is 6.63. The minimum absolute atomic E-state index is 0.0983. The fourth-order valence-corrected chi connectivity index (χ4v) is 1.13. The number of nitrogens with zero attached hydrogens (tertiary/aromatic N) is 1. The van der Waals surface area contributed by atoms with Crippen molar-refractivity contribution in [1.82, 2.24) is 0 Å². The van der Waals surface area contributed by atoms with Gasteiger partial charge in [0.2, 0.25) is 0 Å². The summed E-state index contributed by atoms with van der Waals surface area (Å²) in [7, 11) is 0. The molecule has 1 aromatic carbocycles. The molecule has 3 nitrogen and oxygen atoms in total. The number of nitro benzene ring substituents is 1. The van der Waals surface area contributed by atoms with Crippen molar-refractivity contribution in [3.63, 3.8) is 0 Å². The summed E-state index contributed by atoms with van der Waals surface area (Å²) in [5, 5.41) is 10.5. The molecule has 0 atom stereocenters. The summed E-state index contributed by atoms with van der Waals surface area (Å²) in [6.45, 7) is 1.88. The van der Waals surface area contributed by atoms with Crippen LogP contribution in [-0.2, 0) is 0 Å². The van der Waals surface area contributed by atoms with Crippen LogP contribution >= 0.6 is 11.6 Å². The third kappa shape index (κ3) is 2.85. The van der Waals surface area contributed by atoms with E-state index in [-0.39, 0.29) is 5.69 Å². The summed E-state index contributed by atoms with van der Waals surface area (Å²) in [5.74, 6) is 0.433. The third-order valence-electron chi connectivity index (χ3n) is 1.70. The summed E-state index contributed by atoms with van der Waals surface area (Å²) >= 11 is 5.60. The zero-order valence-electron chi connectivity index (χ0n) is 7.74. The lowest BCUT2D eigenvalue weighted by atomic mass is 10.1. The van der Waals surface area contributed by atoms with Gasteiger partial charge in [-0.05, 0) is 12.5 Å². The van der Waals surface area contributed by atoms with Gasteiger partial charge in [-0.2, -0.15) is 0 Å². The van der Waals surface area contributed by atoms with Crippen molar-refractivity contribution >= 4 is 23.4 Å². The lowest BCUT2D eigenvalue weighted by Gasteiger charge is -1.96. The van der Waals surface area contributed by atoms with E-state index >= 15 is 0 Å². The summed E-state index contributed by atoms with van der Waals surface area (Å²) in [6.07, 6.45) is 1.83. The first-order valence-corrected chi connectivity index (χ1v) is 4.64. The summed E-state index contributed by atoms with van der Waals surface area (Å²) < 4.78 is 0. The predicted octanol–water partition coefficient (Wildman–Crippen LogP) is 3.24. The average Bonchev–Trinajstić information content (AvgIpc) is 2.18. The maximum atomic E-state index is 10.5. The maximum Gasteiger partial charge on any atom is 0.270 e. The lowest BCUT2D eigenvalue weighted by molar-refractivity contribution is -0.384. The van der Waals surface area contributed by atoms with Crippen LogP contribution in [0, 0.1) is 10.1 Å². The molecule has 0 N–H and O–H groups in total. The van der Waals surface area contributed by atoms with Gasteiger partial charge in [0.25, 0.3) is 5.69 Å². The number of hydrogen-bond acceptors (Lipinski definition) is 2. The molecule has 0 bridgehead atoms. The molecule has 1 aromatic rings. The zero-order valence-corrected chi connectivity index (χ0v) is 8.49. The highest BCUT2D eigenvalue weighted by molar-refractivity contribution is 6.19. The topological polar surface area (TPSA) is 43.1 Å². The molecule has 0 fully saturated rings. The van der Waals surface area contributed by atoms with Gasteiger partial charge in [-0.3, -0.25) is 10.1 Å². The van der Waals surface area contributed by atoms with Gasteiger partial charge < -0.3 is 0 Å². The molecular formula is C10H10ClNO2. The molecule has 0 spiro atoms. The SMILES string of the molecule is CC(=Cc1cccc([N+](=O)[O-])c1)CCl. The molecule has 0 radical (unpaired) electrons. The third-order valence-corrected chi connectivity index (χ3v) is 2.13. The Hall–Kier alpha value is -1.35. The van der Waals surface area contributed by atoms with E-state index in [9.17, 15) is 10.1 Å². The van der Waals surface area contributed by atoms with Crippen molar-refractivity contribution in [2.75, 3.05) is 5.88 Å². The normalized spacial score (nSPS) is 11.4. The van der Waals surface area contributed by atoms with Crippen LogP contribution in [0.25, 0.3) is 6.08 Å². The van der Waals surface area contributed by atoms with E-state index in [1.165, 1.54) is 12.1 Å². The Kier molecular flexibility index (Phi) is 3.65. The summed E-state index contributed by atoms with van der Waals surface area (Å²) in [6, 6.07) is 6.46. The van der Waals surface area contributed by atoms with Crippen LogP contribution in [0.1, 0.15) is 12.5 Å². The first-order valence-electron chi connectivity index (χ1n) is 4.11. The van der Waals surface area contributed by atoms with Crippen LogP contribution in [0.4, 0.5) is 5.69 Å². The summed E-state index contributed by atoms with van der Waals surface area (Å²) in [4.78, 5) is 10.1. The molecule has 0 aliphatic rings. The highest BCUT2D eigenvalue weighted by atomic mass is 35.5. The highest BCUT2D eigenvalue weighted by Gasteiger charge is 2.03. The fourth-order valence-electron chi connectivity index (χ4n) is 1.05. The molecule has 0 heterocycles. The molecule has 4 heteroatoms. The number of hydrogen-bond donors (Lipinski definition) is 0. The van der Waals surface area contributed by atoms with Gasteiger partial charge >= 0.3 is 0 Å². The lowest BCUT2D eigenvalue weighted by Crippen LogP contribution is -1.87. The van der Waals surface area contributed by atoms with Crippen molar-refractivity contribution in [1.29, 1.82) is 0 Å². The maximum absolute atomic E-state index is 10.5. The van der Waals surface area contributed by atoms with E-state index in [0.29, 0.717) is 5.88 Å². The van der Waals surface area contributed by atoms with Crippen molar-refractivity contribution in [2.24, 2.45) is 0 Å². The van der Waals surface area contributed by atoms with Crippen LogP contribution in [0.5, 0.6) is 0 Å². The minimum Gasteiger partial charge on any atom is -0.258 e. The van der Waals surface area contributed by atoms with Crippen LogP contribution in [0.2, 0.25) is 0 Å². The molecule has 0 unspecified atom stereocenters. The van der Waals surface area contributed by atoms with Crippen LogP contribution < -0.4 is 0 Å². The molecule has 0 amide bonds. The minimum atomic E-state index is -0.409. The molecule has 0 saturated heterocycles. The second-order valence-corrected chi connectivity index (χ2v) is 3.24. The standard InChI is InChI=1S/C10H10ClNO2/c1-8(7-11)5-9-3-2-4-10(6-9)12(13)14/h2-6H,7H2,1H3. The highest BCUT2D eigenvalue weighted by Crippen LogP contribution is 2.15. The Labute approximate surface area is 87.2 Å². The van der Waals surface area contributed by atoms with Gasteiger partial charge in [-0.25, -0.2) is 0 Å². The van der Waals surface area contributed by atoms with Gasteiger partial charge in [-0.15, -0.1) is 11.6 Å². The van der Waals surface area contributed by atoms with Crippen molar-refractivity contribution in [3.8, 4) is 0 Å². The number of alkyl halides is 1. The first kappa shape index (κ1) is 10.7. The van der Waals surface area contributed by atoms with E-state index < -0.39 is 4.92 Å². The smallest absolute Gasteiger partial charge is 0.258 e. The Morgan fingerprint density at radius 2 is 2.36 bits per heavy atom. The molecule has 1 rings (SSSR count). The summed E-state index contributed by atoms with van der Waals surface area (Å²) in [5.41, 5.74) is 1.88. The van der Waals surface area contributed by atoms with Crippen LogP contribution in [0.3, 0.4) is 0 Å². The quantitative estimate of drug-likeness (QED) is 0.438. The Bertz CT molecular complexity index is 374. The molecule has 0 saturated carbocycles. The second kappa shape index (κ2) is 4.77. The molecule has 0 aliphatic heterocycles. The van der Waals surface area contributed by atoms with Crippen LogP contribution in [0.15, 0.2) is 29.8 Å². The van der Waals surface area contributed by atoms with Gasteiger partial charge in [-0.1, -0.05) is 23.8 Å². The Morgan fingerprint density at radius 3 is 2.93 bits per heavy atom. The fraction of sp³-hybridized carbons (Fsp3) is 0.200. The van der Waals surface area contributed by atoms with Gasteiger partial charge in [0.15, 0.2) is 0 Å². The molecule has 74 valence electrons. The molecular weight excluding hydrogens is 202 g/mol. The van der Waals surface area contributed by atoms with Gasteiger partial charge in [0.05, 0.1) is 4.92 Å². The molecule has 0 aromatic heterocycles. The number of rotatable bonds is 3. The Morgan fingerprint density at radius 1 is 1.64 bits per heavy atom. The van der Waals surface area contributed by atoms with E-state index in [0.717, 1.165) is 11.1 Å². The Balaban J connectivity index is 3.00. The van der Waals surface area contributed by atoms with E-state index in [1.54, 1.807) is 6.07 Å². The van der Waals surface area contributed by atoms with Crippen molar-refractivity contribution in [3.05, 3.63) is 45.5 Å². The zero-order chi connectivity index (χ0) is 10.6. The largest absolute Gasteiger partial charge is 0.270 e.